The predicted octanol–water partition coefficient (Wildman–Crippen LogP) is 2.66. The minimum Gasteiger partial charge on any atom is -0.491 e. The van der Waals surface area contributed by atoms with E-state index in [1.54, 1.807) is 6.92 Å². The second-order valence-corrected chi connectivity index (χ2v) is 3.06. The molecular formula is C9H10ClNO4. The Balaban J connectivity index is 3.25. The Kier molecular flexibility index (Phi) is 3.74. The van der Waals surface area contributed by atoms with Crippen molar-refractivity contribution in [3.05, 3.63) is 27.3 Å². The zero-order valence-corrected chi connectivity index (χ0v) is 9.08. The van der Waals surface area contributed by atoms with E-state index in [2.05, 4.69) is 0 Å². The van der Waals surface area contributed by atoms with Crippen molar-refractivity contribution >= 4 is 17.3 Å². The number of hydrogen-bond donors (Lipinski definition) is 0. The monoisotopic (exact) mass is 231 g/mol. The number of rotatable bonds is 4. The first-order chi connectivity index (χ1) is 7.10. The quantitative estimate of drug-likeness (QED) is 0.590. The van der Waals surface area contributed by atoms with Gasteiger partial charge in [0, 0.05) is 6.07 Å². The molecule has 0 saturated heterocycles. The summed E-state index contributed by atoms with van der Waals surface area (Å²) in [6.07, 6.45) is 0. The van der Waals surface area contributed by atoms with Gasteiger partial charge in [-0.15, -0.1) is 0 Å². The fourth-order valence-electron chi connectivity index (χ4n) is 1.12. The zero-order valence-electron chi connectivity index (χ0n) is 8.32. The van der Waals surface area contributed by atoms with Crippen LogP contribution in [0.3, 0.4) is 0 Å². The molecule has 0 saturated carbocycles. The van der Waals surface area contributed by atoms with Gasteiger partial charge in [0.15, 0.2) is 11.5 Å². The molecule has 0 aliphatic heterocycles. The van der Waals surface area contributed by atoms with Crippen LogP contribution in [0.1, 0.15) is 6.92 Å². The molecule has 0 N–H and O–H groups in total. The van der Waals surface area contributed by atoms with Crippen molar-refractivity contribution in [3.8, 4) is 11.5 Å². The van der Waals surface area contributed by atoms with Crippen molar-refractivity contribution < 1.29 is 14.4 Å². The number of benzene rings is 1. The minimum atomic E-state index is -0.534. The maximum atomic E-state index is 10.6. The molecule has 0 unspecified atom stereocenters. The van der Waals surface area contributed by atoms with Crippen LogP contribution in [0.5, 0.6) is 11.5 Å². The van der Waals surface area contributed by atoms with Gasteiger partial charge in [-0.2, -0.15) is 0 Å². The van der Waals surface area contributed by atoms with Crippen molar-refractivity contribution in [1.82, 2.24) is 0 Å². The molecule has 0 spiro atoms. The maximum Gasteiger partial charge on any atom is 0.274 e. The highest BCUT2D eigenvalue weighted by atomic mass is 35.5. The number of hydrogen-bond acceptors (Lipinski definition) is 4. The maximum absolute atomic E-state index is 10.6. The first-order valence-corrected chi connectivity index (χ1v) is 4.62. The molecule has 0 aliphatic rings. The number of methoxy groups -OCH3 is 1. The summed E-state index contributed by atoms with van der Waals surface area (Å²) in [7, 11) is 1.43. The van der Waals surface area contributed by atoms with Gasteiger partial charge in [-0.25, -0.2) is 0 Å². The average Bonchev–Trinajstić information content (AvgIpc) is 2.17. The van der Waals surface area contributed by atoms with E-state index in [1.807, 2.05) is 0 Å². The predicted molar refractivity (Wildman–Crippen MR) is 55.8 cm³/mol. The van der Waals surface area contributed by atoms with Gasteiger partial charge in [-0.3, -0.25) is 10.1 Å². The molecule has 0 aromatic heterocycles. The Hall–Kier alpha value is -1.49. The number of ether oxygens (including phenoxy) is 2. The molecule has 0 atom stereocenters. The van der Waals surface area contributed by atoms with Gasteiger partial charge in [-0.05, 0) is 6.92 Å². The van der Waals surface area contributed by atoms with Crippen molar-refractivity contribution in [3.63, 3.8) is 0 Å². The standard InChI is InChI=1S/C9H10ClNO4/c1-3-15-8-5-6(11(12)13)4-7(10)9(8)14-2/h4-5H,3H2,1-2H3. The Labute approximate surface area is 91.7 Å². The molecule has 0 fully saturated rings. The Morgan fingerprint density at radius 3 is 2.67 bits per heavy atom. The van der Waals surface area contributed by atoms with Gasteiger partial charge >= 0.3 is 0 Å². The lowest BCUT2D eigenvalue weighted by Gasteiger charge is -2.10. The zero-order chi connectivity index (χ0) is 11.4. The van der Waals surface area contributed by atoms with Crippen LogP contribution in [0.2, 0.25) is 5.02 Å². The lowest BCUT2D eigenvalue weighted by molar-refractivity contribution is -0.384. The van der Waals surface area contributed by atoms with E-state index >= 15 is 0 Å². The van der Waals surface area contributed by atoms with E-state index in [-0.39, 0.29) is 16.5 Å². The van der Waals surface area contributed by atoms with Crippen LogP contribution in [-0.4, -0.2) is 18.6 Å². The third-order valence-corrected chi connectivity index (χ3v) is 1.99. The van der Waals surface area contributed by atoms with Crippen LogP contribution in [0.4, 0.5) is 5.69 Å². The van der Waals surface area contributed by atoms with E-state index in [0.29, 0.717) is 12.4 Å². The summed E-state index contributed by atoms with van der Waals surface area (Å²) in [4.78, 5) is 10.0. The lowest BCUT2D eigenvalue weighted by atomic mass is 10.3. The molecule has 0 radical (unpaired) electrons. The van der Waals surface area contributed by atoms with E-state index in [1.165, 1.54) is 19.2 Å². The molecule has 1 aromatic carbocycles. The van der Waals surface area contributed by atoms with Gasteiger partial charge in [-0.1, -0.05) is 11.6 Å². The number of halogens is 1. The summed E-state index contributed by atoms with van der Waals surface area (Å²) in [6, 6.07) is 2.51. The number of nitro groups is 1. The fourth-order valence-corrected chi connectivity index (χ4v) is 1.40. The highest BCUT2D eigenvalue weighted by molar-refractivity contribution is 6.32. The van der Waals surface area contributed by atoms with E-state index in [0.717, 1.165) is 0 Å². The normalized spacial score (nSPS) is 9.80. The molecule has 15 heavy (non-hydrogen) atoms. The van der Waals surface area contributed by atoms with Crippen molar-refractivity contribution in [2.45, 2.75) is 6.92 Å². The van der Waals surface area contributed by atoms with Crippen molar-refractivity contribution in [2.75, 3.05) is 13.7 Å². The topological polar surface area (TPSA) is 61.6 Å². The summed E-state index contributed by atoms with van der Waals surface area (Å²) in [5.41, 5.74) is -0.121. The van der Waals surface area contributed by atoms with E-state index in [9.17, 15) is 10.1 Å². The second kappa shape index (κ2) is 4.84. The highest BCUT2D eigenvalue weighted by Crippen LogP contribution is 2.38. The molecule has 0 amide bonds. The summed E-state index contributed by atoms with van der Waals surface area (Å²) in [6.45, 7) is 2.15. The number of non-ortho nitro benzene ring substituents is 1. The second-order valence-electron chi connectivity index (χ2n) is 2.65. The van der Waals surface area contributed by atoms with Crippen molar-refractivity contribution in [2.24, 2.45) is 0 Å². The van der Waals surface area contributed by atoms with E-state index < -0.39 is 4.92 Å². The highest BCUT2D eigenvalue weighted by Gasteiger charge is 2.16. The largest absolute Gasteiger partial charge is 0.491 e. The minimum absolute atomic E-state index is 0.121. The van der Waals surface area contributed by atoms with Gasteiger partial charge in [0.2, 0.25) is 0 Å². The Morgan fingerprint density at radius 1 is 1.53 bits per heavy atom. The SMILES string of the molecule is CCOc1cc([N+](=O)[O-])cc(Cl)c1OC. The Morgan fingerprint density at radius 2 is 2.20 bits per heavy atom. The first-order valence-electron chi connectivity index (χ1n) is 4.24. The molecule has 0 bridgehead atoms. The van der Waals surface area contributed by atoms with Gasteiger partial charge in [0.1, 0.15) is 0 Å². The summed E-state index contributed by atoms with van der Waals surface area (Å²) >= 11 is 5.81. The number of nitro benzene ring substituents is 1. The Bertz CT molecular complexity index is 381. The van der Waals surface area contributed by atoms with Crippen LogP contribution >= 0.6 is 11.6 Å². The van der Waals surface area contributed by atoms with Crippen molar-refractivity contribution in [1.29, 1.82) is 0 Å². The molecule has 82 valence electrons. The third kappa shape index (κ3) is 2.50. The van der Waals surface area contributed by atoms with Crippen LogP contribution in [-0.2, 0) is 0 Å². The van der Waals surface area contributed by atoms with Crippen LogP contribution in [0, 0.1) is 10.1 Å². The van der Waals surface area contributed by atoms with Gasteiger partial charge in [0.25, 0.3) is 5.69 Å². The molecule has 6 heteroatoms. The fraction of sp³-hybridized carbons (Fsp3) is 0.333. The molecule has 0 aliphatic carbocycles. The van der Waals surface area contributed by atoms with Crippen LogP contribution < -0.4 is 9.47 Å². The first kappa shape index (κ1) is 11.6. The summed E-state index contributed by atoms with van der Waals surface area (Å²) in [5.74, 6) is 0.586. The molecular weight excluding hydrogens is 222 g/mol. The lowest BCUT2D eigenvalue weighted by Crippen LogP contribution is -1.98. The molecule has 1 rings (SSSR count). The average molecular weight is 232 g/mol. The molecule has 1 aromatic rings. The van der Waals surface area contributed by atoms with Gasteiger partial charge in [0.05, 0.1) is 29.7 Å². The number of nitrogens with zero attached hydrogens (tertiary/aromatic N) is 1. The van der Waals surface area contributed by atoms with Crippen LogP contribution in [0.25, 0.3) is 0 Å². The van der Waals surface area contributed by atoms with Gasteiger partial charge < -0.3 is 9.47 Å². The van der Waals surface area contributed by atoms with E-state index in [4.69, 9.17) is 21.1 Å². The smallest absolute Gasteiger partial charge is 0.274 e. The van der Waals surface area contributed by atoms with Crippen LogP contribution in [0.15, 0.2) is 12.1 Å². The third-order valence-electron chi connectivity index (χ3n) is 1.71. The molecule has 5 nitrogen and oxygen atoms in total. The summed E-state index contributed by atoms with van der Waals surface area (Å²) < 4.78 is 10.2. The molecule has 0 heterocycles. The summed E-state index contributed by atoms with van der Waals surface area (Å²) in [5, 5.41) is 10.7.